The second-order valence-electron chi connectivity index (χ2n) is 3.57. The number of nitriles is 1. The molecule has 0 saturated carbocycles. The summed E-state index contributed by atoms with van der Waals surface area (Å²) in [7, 11) is 1.45. The van der Waals surface area contributed by atoms with Crippen molar-refractivity contribution in [2.75, 3.05) is 7.11 Å². The van der Waals surface area contributed by atoms with E-state index in [-0.39, 0.29) is 11.1 Å². The predicted molar refractivity (Wildman–Crippen MR) is 61.9 cm³/mol. The highest BCUT2D eigenvalue weighted by atomic mass is 19.1. The van der Waals surface area contributed by atoms with E-state index in [1.165, 1.54) is 25.3 Å². The number of benzene rings is 2. The summed E-state index contributed by atoms with van der Waals surface area (Å²) < 4.78 is 32.5. The highest BCUT2D eigenvalue weighted by Crippen LogP contribution is 2.29. The monoisotopic (exact) mass is 244 g/mol. The molecule has 0 aliphatic rings. The summed E-state index contributed by atoms with van der Waals surface area (Å²) in [5, 5.41) is 8.62. The molecule has 2 nitrogen and oxygen atoms in total. The van der Waals surface area contributed by atoms with E-state index in [1.54, 1.807) is 6.07 Å². The van der Waals surface area contributed by atoms with Crippen LogP contribution in [-0.2, 0) is 0 Å². The molecular weight excluding hydrogens is 236 g/mol. The Balaban J connectivity index is 2.60. The first-order chi connectivity index (χ1) is 8.65. The first-order valence-corrected chi connectivity index (χ1v) is 5.11. The van der Waals surface area contributed by atoms with Crippen molar-refractivity contribution in [2.24, 2.45) is 0 Å². The Labute approximate surface area is 103 Å². The molecular formula is C14H8F2NO. The lowest BCUT2D eigenvalue weighted by Gasteiger charge is -2.07. The molecule has 0 heterocycles. The fourth-order valence-corrected chi connectivity index (χ4v) is 1.63. The van der Waals surface area contributed by atoms with Gasteiger partial charge in [0.25, 0.3) is 0 Å². The molecule has 2 rings (SSSR count). The highest BCUT2D eigenvalue weighted by molar-refractivity contribution is 5.67. The molecule has 1 radical (unpaired) electrons. The lowest BCUT2D eigenvalue weighted by Crippen LogP contribution is -1.93. The third-order valence-electron chi connectivity index (χ3n) is 2.45. The molecule has 0 aliphatic heterocycles. The van der Waals surface area contributed by atoms with Crippen LogP contribution < -0.4 is 4.74 Å². The van der Waals surface area contributed by atoms with Crippen molar-refractivity contribution in [1.29, 1.82) is 5.26 Å². The van der Waals surface area contributed by atoms with Crippen LogP contribution in [0.4, 0.5) is 8.78 Å². The van der Waals surface area contributed by atoms with Crippen LogP contribution >= 0.6 is 0 Å². The molecule has 2 aromatic rings. The van der Waals surface area contributed by atoms with Crippen molar-refractivity contribution >= 4 is 0 Å². The van der Waals surface area contributed by atoms with Crippen LogP contribution in [0.1, 0.15) is 5.56 Å². The molecule has 0 N–H and O–H groups in total. The molecule has 89 valence electrons. The van der Waals surface area contributed by atoms with Gasteiger partial charge in [0.05, 0.1) is 24.3 Å². The van der Waals surface area contributed by atoms with Crippen LogP contribution in [0.15, 0.2) is 30.3 Å². The second-order valence-corrected chi connectivity index (χ2v) is 3.57. The van der Waals surface area contributed by atoms with E-state index in [0.29, 0.717) is 11.3 Å². The Bertz CT molecular complexity index is 609. The molecule has 0 spiro atoms. The molecule has 18 heavy (non-hydrogen) atoms. The number of halogens is 2. The SMILES string of the molecule is COc1[c]ccc(-c2c(F)cc(C#N)cc2F)c1. The minimum absolute atomic E-state index is 0.0526. The Hall–Kier alpha value is -2.41. The van der Waals surface area contributed by atoms with Gasteiger partial charge in [-0.15, -0.1) is 0 Å². The molecule has 2 aromatic carbocycles. The third-order valence-corrected chi connectivity index (χ3v) is 2.45. The zero-order valence-electron chi connectivity index (χ0n) is 9.50. The minimum atomic E-state index is -0.778. The summed E-state index contributed by atoms with van der Waals surface area (Å²) in [5.41, 5.74) is 0.106. The van der Waals surface area contributed by atoms with E-state index < -0.39 is 11.6 Å². The van der Waals surface area contributed by atoms with Gasteiger partial charge in [-0.3, -0.25) is 0 Å². The van der Waals surface area contributed by atoms with Gasteiger partial charge >= 0.3 is 0 Å². The summed E-state index contributed by atoms with van der Waals surface area (Å²) in [5.74, 6) is -1.17. The summed E-state index contributed by atoms with van der Waals surface area (Å²) >= 11 is 0. The standard InChI is InChI=1S/C14H8F2NO/c1-18-11-4-2-3-10(7-11)14-12(15)5-9(8-17)6-13(14)16/h2-3,5-7H,1H3. The van der Waals surface area contributed by atoms with E-state index in [2.05, 4.69) is 6.07 Å². The van der Waals surface area contributed by atoms with E-state index in [9.17, 15) is 8.78 Å². The molecule has 4 heteroatoms. The van der Waals surface area contributed by atoms with Gasteiger partial charge in [-0.2, -0.15) is 5.26 Å². The Morgan fingerprint density at radius 2 is 1.89 bits per heavy atom. The maximum Gasteiger partial charge on any atom is 0.135 e. The molecule has 0 aromatic heterocycles. The van der Waals surface area contributed by atoms with Crippen LogP contribution in [0.2, 0.25) is 0 Å². The largest absolute Gasteiger partial charge is 0.496 e. The van der Waals surface area contributed by atoms with E-state index in [4.69, 9.17) is 10.00 Å². The van der Waals surface area contributed by atoms with Gasteiger partial charge in [-0.05, 0) is 29.8 Å². The number of methoxy groups -OCH3 is 1. The summed E-state index contributed by atoms with van der Waals surface area (Å²) in [4.78, 5) is 0. The van der Waals surface area contributed by atoms with Crippen molar-refractivity contribution in [3.63, 3.8) is 0 Å². The second kappa shape index (κ2) is 4.84. The summed E-state index contributed by atoms with van der Waals surface area (Å²) in [6, 6.07) is 11.0. The quantitative estimate of drug-likeness (QED) is 0.811. The van der Waals surface area contributed by atoms with Gasteiger partial charge in [-0.25, -0.2) is 8.78 Å². The first kappa shape index (κ1) is 12.1. The number of ether oxygens (including phenoxy) is 1. The summed E-state index contributed by atoms with van der Waals surface area (Å²) in [6.45, 7) is 0. The number of nitrogens with zero attached hydrogens (tertiary/aromatic N) is 1. The molecule has 0 amide bonds. The molecule has 0 saturated heterocycles. The fourth-order valence-electron chi connectivity index (χ4n) is 1.63. The highest BCUT2D eigenvalue weighted by Gasteiger charge is 2.13. The molecule has 0 unspecified atom stereocenters. The predicted octanol–water partition coefficient (Wildman–Crippen LogP) is 3.31. The van der Waals surface area contributed by atoms with Crippen LogP contribution in [0, 0.1) is 29.0 Å². The van der Waals surface area contributed by atoms with Crippen LogP contribution in [0.5, 0.6) is 5.75 Å². The van der Waals surface area contributed by atoms with Gasteiger partial charge in [0.15, 0.2) is 0 Å². The van der Waals surface area contributed by atoms with Gasteiger partial charge in [0.2, 0.25) is 0 Å². The van der Waals surface area contributed by atoms with Crippen LogP contribution in [0.3, 0.4) is 0 Å². The normalized spacial score (nSPS) is 9.89. The maximum atomic E-state index is 13.8. The zero-order valence-corrected chi connectivity index (χ0v) is 9.50. The average molecular weight is 244 g/mol. The Kier molecular flexibility index (Phi) is 3.24. The lowest BCUT2D eigenvalue weighted by atomic mass is 10.0. The Morgan fingerprint density at radius 3 is 2.44 bits per heavy atom. The maximum absolute atomic E-state index is 13.8. The molecule has 0 aliphatic carbocycles. The minimum Gasteiger partial charge on any atom is -0.496 e. The number of hydrogen-bond donors (Lipinski definition) is 0. The van der Waals surface area contributed by atoms with E-state index in [0.717, 1.165) is 12.1 Å². The van der Waals surface area contributed by atoms with E-state index >= 15 is 0 Å². The van der Waals surface area contributed by atoms with Crippen molar-refractivity contribution in [3.8, 4) is 22.9 Å². The van der Waals surface area contributed by atoms with Crippen molar-refractivity contribution in [2.45, 2.75) is 0 Å². The third kappa shape index (κ3) is 2.16. The average Bonchev–Trinajstić information content (AvgIpc) is 2.38. The van der Waals surface area contributed by atoms with Gasteiger partial charge in [-0.1, -0.05) is 6.07 Å². The Morgan fingerprint density at radius 1 is 1.22 bits per heavy atom. The zero-order chi connectivity index (χ0) is 13.1. The van der Waals surface area contributed by atoms with E-state index in [1.807, 2.05) is 0 Å². The molecule has 0 bridgehead atoms. The van der Waals surface area contributed by atoms with Gasteiger partial charge in [0.1, 0.15) is 17.4 Å². The smallest absolute Gasteiger partial charge is 0.135 e. The van der Waals surface area contributed by atoms with Crippen LogP contribution in [-0.4, -0.2) is 7.11 Å². The van der Waals surface area contributed by atoms with Crippen molar-refractivity contribution in [3.05, 3.63) is 53.6 Å². The summed E-state index contributed by atoms with van der Waals surface area (Å²) in [6.07, 6.45) is 0. The van der Waals surface area contributed by atoms with Crippen molar-refractivity contribution in [1.82, 2.24) is 0 Å². The fraction of sp³-hybridized carbons (Fsp3) is 0.0714. The number of rotatable bonds is 2. The van der Waals surface area contributed by atoms with Gasteiger partial charge < -0.3 is 4.74 Å². The first-order valence-electron chi connectivity index (χ1n) is 5.11. The number of hydrogen-bond acceptors (Lipinski definition) is 2. The van der Waals surface area contributed by atoms with Crippen LogP contribution in [0.25, 0.3) is 11.1 Å². The molecule has 0 fully saturated rings. The van der Waals surface area contributed by atoms with Crippen molar-refractivity contribution < 1.29 is 13.5 Å². The topological polar surface area (TPSA) is 33.0 Å². The molecule has 0 atom stereocenters. The van der Waals surface area contributed by atoms with Gasteiger partial charge in [0, 0.05) is 6.07 Å². The lowest BCUT2D eigenvalue weighted by molar-refractivity contribution is 0.414.